The molecule has 1 aliphatic rings. The molecule has 3 nitrogen and oxygen atoms in total. The van der Waals surface area contributed by atoms with Crippen LogP contribution in [0.3, 0.4) is 0 Å². The first-order chi connectivity index (χ1) is 8.50. The molecule has 96 valence electrons. The molecule has 18 heavy (non-hydrogen) atoms. The Morgan fingerprint density at radius 1 is 1.33 bits per heavy atom. The zero-order chi connectivity index (χ0) is 13.2. The van der Waals surface area contributed by atoms with Gasteiger partial charge in [-0.3, -0.25) is 0 Å². The Labute approximate surface area is 108 Å². The molecule has 0 atom stereocenters. The van der Waals surface area contributed by atoms with Gasteiger partial charge in [0.1, 0.15) is 0 Å². The molecule has 0 saturated heterocycles. The number of H-pyrrole nitrogens is 1. The van der Waals surface area contributed by atoms with E-state index >= 15 is 0 Å². The molecule has 0 aromatic carbocycles. The number of methoxy groups -OCH3 is 1. The van der Waals surface area contributed by atoms with Crippen molar-refractivity contribution < 1.29 is 4.74 Å². The van der Waals surface area contributed by atoms with Crippen molar-refractivity contribution in [1.82, 2.24) is 4.98 Å². The van der Waals surface area contributed by atoms with Gasteiger partial charge in [-0.05, 0) is 29.2 Å². The van der Waals surface area contributed by atoms with Crippen molar-refractivity contribution in [3.05, 3.63) is 41.7 Å². The summed E-state index contributed by atoms with van der Waals surface area (Å²) in [5.41, 5.74) is 3.33. The summed E-state index contributed by atoms with van der Waals surface area (Å²) in [4.78, 5) is 7.77. The number of allylic oxidation sites excluding steroid dienone is 2. The Balaban J connectivity index is 2.45. The van der Waals surface area contributed by atoms with E-state index in [1.165, 1.54) is 5.57 Å². The molecule has 0 fully saturated rings. The largest absolute Gasteiger partial charge is 0.484 e. The zero-order valence-corrected chi connectivity index (χ0v) is 11.4. The van der Waals surface area contributed by atoms with Crippen LogP contribution in [0.25, 0.3) is 5.70 Å². The van der Waals surface area contributed by atoms with Gasteiger partial charge in [-0.1, -0.05) is 26.8 Å². The Kier molecular flexibility index (Phi) is 3.41. The van der Waals surface area contributed by atoms with E-state index in [1.807, 2.05) is 18.3 Å². The number of aromatic amines is 1. The average Bonchev–Trinajstić information content (AvgIpc) is 2.73. The third kappa shape index (κ3) is 2.73. The molecule has 0 bridgehead atoms. The molecule has 3 heteroatoms. The normalized spacial score (nSPS) is 16.6. The van der Waals surface area contributed by atoms with Crippen LogP contribution in [0.15, 0.2) is 41.0 Å². The van der Waals surface area contributed by atoms with E-state index in [2.05, 4.69) is 42.9 Å². The minimum Gasteiger partial charge on any atom is -0.484 e. The van der Waals surface area contributed by atoms with E-state index in [9.17, 15) is 0 Å². The number of rotatable bonds is 1. The maximum absolute atomic E-state index is 5.31. The molecule has 1 aliphatic heterocycles. The van der Waals surface area contributed by atoms with Gasteiger partial charge in [0.15, 0.2) is 5.90 Å². The average molecular weight is 244 g/mol. The Hall–Kier alpha value is -1.77. The van der Waals surface area contributed by atoms with E-state index in [0.717, 1.165) is 23.7 Å². The van der Waals surface area contributed by atoms with Gasteiger partial charge in [0.05, 0.1) is 18.5 Å². The van der Waals surface area contributed by atoms with Crippen molar-refractivity contribution in [2.45, 2.75) is 27.2 Å². The summed E-state index contributed by atoms with van der Waals surface area (Å²) in [6.07, 6.45) is 6.98. The van der Waals surface area contributed by atoms with Crippen molar-refractivity contribution in [2.24, 2.45) is 10.4 Å². The molecule has 1 N–H and O–H groups in total. The summed E-state index contributed by atoms with van der Waals surface area (Å²) < 4.78 is 5.31. The maximum atomic E-state index is 5.31. The molecule has 0 amide bonds. The summed E-state index contributed by atoms with van der Waals surface area (Å²) in [6, 6.07) is 4.00. The molecule has 0 saturated carbocycles. The van der Waals surface area contributed by atoms with Gasteiger partial charge in [0.25, 0.3) is 0 Å². The third-order valence-electron chi connectivity index (χ3n) is 3.01. The highest BCUT2D eigenvalue weighted by molar-refractivity contribution is 5.86. The molecule has 1 aromatic heterocycles. The molecule has 0 aliphatic carbocycles. The van der Waals surface area contributed by atoms with E-state index in [0.29, 0.717) is 0 Å². The molecular formula is C15H20N2O. The lowest BCUT2D eigenvalue weighted by Crippen LogP contribution is -2.08. The molecule has 2 rings (SSSR count). The lowest BCUT2D eigenvalue weighted by Gasteiger charge is -2.20. The van der Waals surface area contributed by atoms with Gasteiger partial charge < -0.3 is 9.72 Å². The smallest absolute Gasteiger partial charge is 0.192 e. The van der Waals surface area contributed by atoms with Gasteiger partial charge in [0.2, 0.25) is 0 Å². The topological polar surface area (TPSA) is 37.4 Å². The van der Waals surface area contributed by atoms with Crippen LogP contribution < -0.4 is 0 Å². The number of hydrogen-bond acceptors (Lipinski definition) is 2. The van der Waals surface area contributed by atoms with Gasteiger partial charge in [-0.25, -0.2) is 4.99 Å². The Morgan fingerprint density at radius 2 is 2.11 bits per heavy atom. The Morgan fingerprint density at radius 3 is 2.67 bits per heavy atom. The monoisotopic (exact) mass is 244 g/mol. The fourth-order valence-corrected chi connectivity index (χ4v) is 1.90. The van der Waals surface area contributed by atoms with Gasteiger partial charge in [-0.2, -0.15) is 0 Å². The molecular weight excluding hydrogens is 224 g/mol. The highest BCUT2D eigenvalue weighted by Crippen LogP contribution is 2.31. The van der Waals surface area contributed by atoms with Crippen LogP contribution >= 0.6 is 0 Å². The fourth-order valence-electron chi connectivity index (χ4n) is 1.90. The van der Waals surface area contributed by atoms with Gasteiger partial charge in [0, 0.05) is 12.6 Å². The molecule has 2 heterocycles. The predicted octanol–water partition coefficient (Wildman–Crippen LogP) is 3.78. The fraction of sp³-hybridized carbons (Fsp3) is 0.400. The standard InChI is InChI=1S/C15H20N2O/c1-15(2,3)11-7-8-14(18-4)17-13(10-11)12-6-5-9-16-12/h5-7,9-10,16H,8H2,1-4H3. The second-order valence-electron chi connectivity index (χ2n) is 5.44. The van der Waals surface area contributed by atoms with Gasteiger partial charge in [-0.15, -0.1) is 0 Å². The zero-order valence-electron chi connectivity index (χ0n) is 11.4. The molecule has 0 unspecified atom stereocenters. The number of hydrogen-bond donors (Lipinski definition) is 1. The summed E-state index contributed by atoms with van der Waals surface area (Å²) >= 11 is 0. The van der Waals surface area contributed by atoms with E-state index in [4.69, 9.17) is 4.74 Å². The van der Waals surface area contributed by atoms with Crippen molar-refractivity contribution in [1.29, 1.82) is 0 Å². The van der Waals surface area contributed by atoms with E-state index < -0.39 is 0 Å². The van der Waals surface area contributed by atoms with Crippen molar-refractivity contribution >= 4 is 11.6 Å². The first-order valence-corrected chi connectivity index (χ1v) is 6.18. The summed E-state index contributed by atoms with van der Waals surface area (Å²) in [5.74, 6) is 0.745. The number of aromatic nitrogens is 1. The molecule has 0 spiro atoms. The van der Waals surface area contributed by atoms with Gasteiger partial charge >= 0.3 is 0 Å². The van der Waals surface area contributed by atoms with E-state index in [-0.39, 0.29) is 5.41 Å². The summed E-state index contributed by atoms with van der Waals surface area (Å²) in [5, 5.41) is 0. The first-order valence-electron chi connectivity index (χ1n) is 6.18. The Bertz CT molecular complexity index is 499. The number of aliphatic imine (C=N–C) groups is 1. The van der Waals surface area contributed by atoms with Crippen LogP contribution in [-0.2, 0) is 4.74 Å². The number of nitrogens with one attached hydrogen (secondary N) is 1. The van der Waals surface area contributed by atoms with Crippen LogP contribution in [0.5, 0.6) is 0 Å². The van der Waals surface area contributed by atoms with Crippen LogP contribution in [0.4, 0.5) is 0 Å². The second-order valence-corrected chi connectivity index (χ2v) is 5.44. The molecule has 1 aromatic rings. The van der Waals surface area contributed by atoms with Crippen LogP contribution in [0.2, 0.25) is 0 Å². The van der Waals surface area contributed by atoms with Crippen molar-refractivity contribution in [3.63, 3.8) is 0 Å². The summed E-state index contributed by atoms with van der Waals surface area (Å²) in [6.45, 7) is 6.62. The molecule has 0 radical (unpaired) electrons. The lowest BCUT2D eigenvalue weighted by atomic mass is 9.85. The number of nitrogens with zero attached hydrogens (tertiary/aromatic N) is 1. The highest BCUT2D eigenvalue weighted by Gasteiger charge is 2.19. The quantitative estimate of drug-likeness (QED) is 0.802. The van der Waals surface area contributed by atoms with E-state index in [1.54, 1.807) is 7.11 Å². The first kappa shape index (κ1) is 12.7. The number of ether oxygens (including phenoxy) is 1. The predicted molar refractivity (Wildman–Crippen MR) is 75.4 cm³/mol. The van der Waals surface area contributed by atoms with Crippen molar-refractivity contribution in [2.75, 3.05) is 7.11 Å². The van der Waals surface area contributed by atoms with Crippen LogP contribution in [0.1, 0.15) is 32.9 Å². The lowest BCUT2D eigenvalue weighted by molar-refractivity contribution is 0.395. The SMILES string of the molecule is COC1=NC(c2ccc[nH]2)=CC(C(C)(C)C)=CC1. The third-order valence-corrected chi connectivity index (χ3v) is 3.01. The van der Waals surface area contributed by atoms with Crippen molar-refractivity contribution in [3.8, 4) is 0 Å². The minimum absolute atomic E-state index is 0.108. The summed E-state index contributed by atoms with van der Waals surface area (Å²) in [7, 11) is 1.67. The maximum Gasteiger partial charge on any atom is 0.192 e. The highest BCUT2D eigenvalue weighted by atomic mass is 16.5. The second kappa shape index (κ2) is 4.84. The van der Waals surface area contributed by atoms with Crippen LogP contribution in [0, 0.1) is 5.41 Å². The van der Waals surface area contributed by atoms with Crippen LogP contribution in [-0.4, -0.2) is 18.0 Å². The minimum atomic E-state index is 0.108.